The number of halogens is 1. The lowest BCUT2D eigenvalue weighted by Crippen LogP contribution is -2.43. The van der Waals surface area contributed by atoms with Crippen molar-refractivity contribution >= 4 is 17.6 Å². The molecule has 0 bridgehead atoms. The van der Waals surface area contributed by atoms with Gasteiger partial charge in [0, 0.05) is 25.2 Å². The number of piperidine rings is 1. The molecule has 114 valence electrons. The van der Waals surface area contributed by atoms with E-state index in [1.54, 1.807) is 17.9 Å². The van der Waals surface area contributed by atoms with Crippen molar-refractivity contribution < 1.29 is 14.0 Å². The van der Waals surface area contributed by atoms with E-state index >= 15 is 0 Å². The molecule has 1 fully saturated rings. The van der Waals surface area contributed by atoms with Crippen LogP contribution in [0.1, 0.15) is 24.8 Å². The number of rotatable bonds is 3. The number of hydrogen-bond donors (Lipinski definition) is 2. The molecule has 1 aromatic rings. The van der Waals surface area contributed by atoms with E-state index in [1.165, 1.54) is 12.1 Å². The lowest BCUT2D eigenvalue weighted by atomic mass is 9.95. The minimum Gasteiger partial charge on any atom is -0.370 e. The summed E-state index contributed by atoms with van der Waals surface area (Å²) in [6.45, 7) is 2.82. The number of carbonyl (C=O) groups is 2. The molecule has 1 aliphatic heterocycles. The van der Waals surface area contributed by atoms with Crippen LogP contribution >= 0.6 is 0 Å². The van der Waals surface area contributed by atoms with Crippen molar-refractivity contribution in [1.82, 2.24) is 4.90 Å². The number of nitrogens with two attached hydrogens (primary N) is 1. The number of carbonyl (C=O) groups excluding carboxylic acids is 2. The Morgan fingerprint density at radius 3 is 2.90 bits per heavy atom. The van der Waals surface area contributed by atoms with Gasteiger partial charge < -0.3 is 16.0 Å². The Labute approximate surface area is 123 Å². The summed E-state index contributed by atoms with van der Waals surface area (Å²) in [4.78, 5) is 24.8. The average Bonchev–Trinajstić information content (AvgIpc) is 2.42. The summed E-state index contributed by atoms with van der Waals surface area (Å²) in [5.74, 6) is -0.513. The van der Waals surface area contributed by atoms with Crippen LogP contribution in [-0.2, 0) is 4.79 Å². The molecule has 0 saturated carbocycles. The molecule has 1 aromatic carbocycles. The summed E-state index contributed by atoms with van der Waals surface area (Å²) in [5, 5.41) is 2.76. The summed E-state index contributed by atoms with van der Waals surface area (Å²) < 4.78 is 13.2. The fourth-order valence-electron chi connectivity index (χ4n) is 2.63. The van der Waals surface area contributed by atoms with Crippen LogP contribution in [0.3, 0.4) is 0 Å². The number of nitrogens with one attached hydrogen (secondary N) is 1. The van der Waals surface area contributed by atoms with Gasteiger partial charge in [-0.05, 0) is 49.4 Å². The smallest absolute Gasteiger partial charge is 0.321 e. The first-order valence-electron chi connectivity index (χ1n) is 7.06. The molecular weight excluding hydrogens is 273 g/mol. The second kappa shape index (κ2) is 6.56. The molecule has 21 heavy (non-hydrogen) atoms. The van der Waals surface area contributed by atoms with Crippen molar-refractivity contribution in [2.75, 3.05) is 18.4 Å². The zero-order valence-corrected chi connectivity index (χ0v) is 12.1. The molecule has 3 N–H and O–H groups in total. The highest BCUT2D eigenvalue weighted by Crippen LogP contribution is 2.21. The van der Waals surface area contributed by atoms with Crippen LogP contribution in [0, 0.1) is 18.7 Å². The summed E-state index contributed by atoms with van der Waals surface area (Å²) in [6, 6.07) is 4.23. The first-order chi connectivity index (χ1) is 9.95. The van der Waals surface area contributed by atoms with Crippen molar-refractivity contribution in [3.8, 4) is 0 Å². The third-order valence-corrected chi connectivity index (χ3v) is 3.71. The van der Waals surface area contributed by atoms with Gasteiger partial charge in [0.2, 0.25) is 5.91 Å². The van der Waals surface area contributed by atoms with E-state index in [-0.39, 0.29) is 23.7 Å². The molecule has 1 saturated heterocycles. The van der Waals surface area contributed by atoms with Gasteiger partial charge in [0.15, 0.2) is 0 Å². The molecular formula is C15H20FN3O2. The monoisotopic (exact) mass is 293 g/mol. The van der Waals surface area contributed by atoms with Gasteiger partial charge in [-0.2, -0.15) is 0 Å². The number of primary amides is 1. The third-order valence-electron chi connectivity index (χ3n) is 3.71. The first kappa shape index (κ1) is 15.3. The predicted octanol–water partition coefficient (Wildman–Crippen LogP) is 2.25. The Bertz CT molecular complexity index is 548. The van der Waals surface area contributed by atoms with Crippen molar-refractivity contribution in [3.05, 3.63) is 29.6 Å². The zero-order chi connectivity index (χ0) is 15.4. The summed E-state index contributed by atoms with van der Waals surface area (Å²) >= 11 is 0. The maximum absolute atomic E-state index is 13.2. The molecule has 0 unspecified atom stereocenters. The van der Waals surface area contributed by atoms with Gasteiger partial charge in [0.1, 0.15) is 5.82 Å². The molecule has 3 amide bonds. The summed E-state index contributed by atoms with van der Waals surface area (Å²) in [7, 11) is 0. The number of amides is 3. The second-order valence-corrected chi connectivity index (χ2v) is 5.52. The number of aryl methyl sites for hydroxylation is 1. The van der Waals surface area contributed by atoms with Crippen molar-refractivity contribution in [1.29, 1.82) is 0 Å². The molecule has 2 rings (SSSR count). The number of nitrogens with zero attached hydrogens (tertiary/aromatic N) is 1. The molecule has 0 radical (unpaired) electrons. The second-order valence-electron chi connectivity index (χ2n) is 5.52. The Morgan fingerprint density at radius 1 is 1.48 bits per heavy atom. The molecule has 0 aromatic heterocycles. The van der Waals surface area contributed by atoms with Crippen LogP contribution in [0.2, 0.25) is 0 Å². The van der Waals surface area contributed by atoms with Crippen LogP contribution in [0.5, 0.6) is 0 Å². The van der Waals surface area contributed by atoms with Crippen molar-refractivity contribution in [3.63, 3.8) is 0 Å². The minimum atomic E-state index is -0.337. The van der Waals surface area contributed by atoms with Crippen LogP contribution in [0.4, 0.5) is 14.9 Å². The quantitative estimate of drug-likeness (QED) is 0.897. The third kappa shape index (κ3) is 4.18. The maximum Gasteiger partial charge on any atom is 0.321 e. The largest absolute Gasteiger partial charge is 0.370 e. The lowest BCUT2D eigenvalue weighted by molar-refractivity contribution is -0.119. The Morgan fingerprint density at radius 2 is 2.24 bits per heavy atom. The van der Waals surface area contributed by atoms with Gasteiger partial charge in [-0.25, -0.2) is 9.18 Å². The van der Waals surface area contributed by atoms with Crippen LogP contribution in [0.25, 0.3) is 0 Å². The van der Waals surface area contributed by atoms with Crippen LogP contribution in [0.15, 0.2) is 18.2 Å². The fourth-order valence-corrected chi connectivity index (χ4v) is 2.63. The topological polar surface area (TPSA) is 75.4 Å². The van der Waals surface area contributed by atoms with E-state index in [0.29, 0.717) is 30.8 Å². The zero-order valence-electron chi connectivity index (χ0n) is 12.1. The van der Waals surface area contributed by atoms with Gasteiger partial charge in [-0.15, -0.1) is 0 Å². The Hall–Kier alpha value is -2.11. The average molecular weight is 293 g/mol. The van der Waals surface area contributed by atoms with Crippen LogP contribution < -0.4 is 11.1 Å². The minimum absolute atomic E-state index is 0.122. The number of benzene rings is 1. The Balaban J connectivity index is 1.96. The number of urea groups is 1. The normalized spacial score (nSPS) is 18.4. The van der Waals surface area contributed by atoms with Gasteiger partial charge in [-0.3, -0.25) is 4.79 Å². The standard InChI is InChI=1S/C15H20FN3O2/c1-10-7-12(4-5-13(10)16)18-15(21)19-6-2-3-11(9-19)8-14(17)20/h4-5,7,11H,2-3,6,8-9H2,1H3,(H2,17,20)(H,18,21)/t11-/m1/s1. The van der Waals surface area contributed by atoms with Gasteiger partial charge in [0.05, 0.1) is 0 Å². The van der Waals surface area contributed by atoms with E-state index in [9.17, 15) is 14.0 Å². The van der Waals surface area contributed by atoms with Gasteiger partial charge in [0.25, 0.3) is 0 Å². The fraction of sp³-hybridized carbons (Fsp3) is 0.467. The Kier molecular flexibility index (Phi) is 4.77. The first-order valence-corrected chi connectivity index (χ1v) is 7.06. The molecule has 5 nitrogen and oxygen atoms in total. The van der Waals surface area contributed by atoms with Crippen molar-refractivity contribution in [2.24, 2.45) is 11.7 Å². The number of likely N-dealkylation sites (tertiary alicyclic amines) is 1. The highest BCUT2D eigenvalue weighted by atomic mass is 19.1. The van der Waals surface area contributed by atoms with E-state index in [0.717, 1.165) is 12.8 Å². The van der Waals surface area contributed by atoms with Gasteiger partial charge >= 0.3 is 6.03 Å². The van der Waals surface area contributed by atoms with Crippen LogP contribution in [-0.4, -0.2) is 29.9 Å². The molecule has 0 aliphatic carbocycles. The van der Waals surface area contributed by atoms with E-state index in [2.05, 4.69) is 5.32 Å². The predicted molar refractivity (Wildman–Crippen MR) is 78.3 cm³/mol. The summed E-state index contributed by atoms with van der Waals surface area (Å²) in [5.41, 5.74) is 6.26. The van der Waals surface area contributed by atoms with Crippen molar-refractivity contribution in [2.45, 2.75) is 26.2 Å². The van der Waals surface area contributed by atoms with E-state index in [4.69, 9.17) is 5.73 Å². The van der Waals surface area contributed by atoms with E-state index < -0.39 is 0 Å². The lowest BCUT2D eigenvalue weighted by Gasteiger charge is -2.32. The molecule has 1 aliphatic rings. The molecule has 1 heterocycles. The number of anilines is 1. The highest BCUT2D eigenvalue weighted by molar-refractivity contribution is 5.89. The SMILES string of the molecule is Cc1cc(NC(=O)N2CCC[C@H](CC(N)=O)C2)ccc1F. The van der Waals surface area contributed by atoms with Gasteiger partial charge in [-0.1, -0.05) is 0 Å². The maximum atomic E-state index is 13.2. The number of hydrogen-bond acceptors (Lipinski definition) is 2. The van der Waals surface area contributed by atoms with E-state index in [1.807, 2.05) is 0 Å². The molecule has 0 spiro atoms. The highest BCUT2D eigenvalue weighted by Gasteiger charge is 2.24. The molecule has 6 heteroatoms. The molecule has 1 atom stereocenters. The summed E-state index contributed by atoms with van der Waals surface area (Å²) in [6.07, 6.45) is 2.07.